The first-order chi connectivity index (χ1) is 15.8. The predicted octanol–water partition coefficient (Wildman–Crippen LogP) is 0.725. The molecule has 4 atom stereocenters. The fourth-order valence-corrected chi connectivity index (χ4v) is 6.98. The van der Waals surface area contributed by atoms with Gasteiger partial charge in [-0.15, -0.1) is 0 Å². The number of likely N-dealkylation sites (tertiary alicyclic amines) is 1. The smallest absolute Gasteiger partial charge is 0.243 e. The van der Waals surface area contributed by atoms with Gasteiger partial charge in [0.15, 0.2) is 0 Å². The molecule has 5 rings (SSSR count). The number of amides is 3. The standard InChI is InChI=1S/C23H27N3O6S/c1-2-32-17-5-7-18(8-6-17)33(30,31)25-11-9-24(10-12-25)19(27)14-26-22(28)20-15-3-4-16(13-15)21(20)23(26)29/h3-8,15-16,20-21H,2,9-14H2,1H3/t15-,16-,20+,21+/m0/s1. The molecule has 1 saturated carbocycles. The van der Waals surface area contributed by atoms with Crippen LogP contribution in [0.5, 0.6) is 5.75 Å². The van der Waals surface area contributed by atoms with Gasteiger partial charge in [-0.3, -0.25) is 19.3 Å². The van der Waals surface area contributed by atoms with Gasteiger partial charge in [0.1, 0.15) is 12.3 Å². The predicted molar refractivity (Wildman–Crippen MR) is 117 cm³/mol. The lowest BCUT2D eigenvalue weighted by atomic mass is 9.85. The number of piperazine rings is 1. The van der Waals surface area contributed by atoms with Crippen LogP contribution in [0.3, 0.4) is 0 Å². The average Bonchev–Trinajstić information content (AvgIpc) is 3.50. The summed E-state index contributed by atoms with van der Waals surface area (Å²) in [4.78, 5) is 41.3. The molecule has 2 heterocycles. The third-order valence-corrected chi connectivity index (χ3v) is 9.13. The fourth-order valence-electron chi connectivity index (χ4n) is 5.56. The number of nitrogens with zero attached hydrogens (tertiary/aromatic N) is 3. The molecule has 9 nitrogen and oxygen atoms in total. The third-order valence-electron chi connectivity index (χ3n) is 7.22. The maximum atomic E-state index is 13.0. The summed E-state index contributed by atoms with van der Waals surface area (Å²) in [5.41, 5.74) is 0. The van der Waals surface area contributed by atoms with Crippen LogP contribution in [0.1, 0.15) is 13.3 Å². The Morgan fingerprint density at radius 1 is 0.970 bits per heavy atom. The van der Waals surface area contributed by atoms with Gasteiger partial charge in [0.05, 0.1) is 23.3 Å². The van der Waals surface area contributed by atoms with Gasteiger partial charge < -0.3 is 9.64 Å². The molecule has 1 aromatic rings. The van der Waals surface area contributed by atoms with Crippen LogP contribution in [0.15, 0.2) is 41.3 Å². The van der Waals surface area contributed by atoms with Crippen molar-refractivity contribution in [3.05, 3.63) is 36.4 Å². The van der Waals surface area contributed by atoms with Gasteiger partial charge in [0.25, 0.3) is 0 Å². The normalized spacial score (nSPS) is 29.1. The topological polar surface area (TPSA) is 104 Å². The molecule has 176 valence electrons. The quantitative estimate of drug-likeness (QED) is 0.446. The third kappa shape index (κ3) is 3.65. The Balaban J connectivity index is 1.19. The molecule has 2 bridgehead atoms. The summed E-state index contributed by atoms with van der Waals surface area (Å²) >= 11 is 0. The SMILES string of the molecule is CCOc1ccc(S(=O)(=O)N2CCN(C(=O)CN3C(=O)[C@H]4[C@H](C3=O)[C@H]3C=C[C@H]4C3)CC2)cc1. The summed E-state index contributed by atoms with van der Waals surface area (Å²) in [7, 11) is -3.68. The van der Waals surface area contributed by atoms with E-state index in [-0.39, 0.29) is 79.0 Å². The van der Waals surface area contributed by atoms with E-state index in [0.717, 1.165) is 11.3 Å². The van der Waals surface area contributed by atoms with Crippen molar-refractivity contribution in [1.82, 2.24) is 14.1 Å². The number of rotatable bonds is 6. The molecule has 1 aromatic carbocycles. The lowest BCUT2D eigenvalue weighted by Crippen LogP contribution is -2.53. The lowest BCUT2D eigenvalue weighted by molar-refractivity contribution is -0.147. The Morgan fingerprint density at radius 3 is 2.09 bits per heavy atom. The Labute approximate surface area is 193 Å². The van der Waals surface area contributed by atoms with Crippen molar-refractivity contribution in [1.29, 1.82) is 0 Å². The molecule has 3 fully saturated rings. The highest BCUT2D eigenvalue weighted by atomic mass is 32.2. The fraction of sp³-hybridized carbons (Fsp3) is 0.522. The van der Waals surface area contributed by atoms with Crippen molar-refractivity contribution in [2.75, 3.05) is 39.3 Å². The Morgan fingerprint density at radius 2 is 1.55 bits per heavy atom. The second-order valence-corrected chi connectivity index (χ2v) is 10.9. The second kappa shape index (κ2) is 8.25. The number of fused-ring (bicyclic) bond motifs is 5. The van der Waals surface area contributed by atoms with Crippen LogP contribution < -0.4 is 4.74 Å². The highest BCUT2D eigenvalue weighted by molar-refractivity contribution is 7.89. The van der Waals surface area contributed by atoms with E-state index in [4.69, 9.17) is 4.74 Å². The van der Waals surface area contributed by atoms with Crippen molar-refractivity contribution >= 4 is 27.7 Å². The zero-order valence-electron chi connectivity index (χ0n) is 18.4. The van der Waals surface area contributed by atoms with Gasteiger partial charge in [-0.05, 0) is 49.4 Å². The first-order valence-corrected chi connectivity index (χ1v) is 12.8. The first-order valence-electron chi connectivity index (χ1n) is 11.4. The summed E-state index contributed by atoms with van der Waals surface area (Å²) in [5, 5.41) is 0. The van der Waals surface area contributed by atoms with Gasteiger partial charge in [-0.2, -0.15) is 4.31 Å². The first kappa shape index (κ1) is 22.1. The lowest BCUT2D eigenvalue weighted by Gasteiger charge is -2.34. The van der Waals surface area contributed by atoms with Crippen LogP contribution >= 0.6 is 0 Å². The van der Waals surface area contributed by atoms with E-state index in [1.807, 2.05) is 19.1 Å². The summed E-state index contributed by atoms with van der Waals surface area (Å²) in [6.45, 7) is 2.82. The molecule has 0 aromatic heterocycles. The molecule has 2 aliphatic heterocycles. The number of allylic oxidation sites excluding steroid dienone is 2. The van der Waals surface area contributed by atoms with E-state index >= 15 is 0 Å². The van der Waals surface area contributed by atoms with Crippen molar-refractivity contribution in [3.63, 3.8) is 0 Å². The number of sulfonamides is 1. The minimum absolute atomic E-state index is 0.105. The number of hydrogen-bond acceptors (Lipinski definition) is 6. The minimum atomic E-state index is -3.68. The van der Waals surface area contributed by atoms with E-state index < -0.39 is 10.0 Å². The number of imide groups is 1. The molecule has 0 unspecified atom stereocenters. The summed E-state index contributed by atoms with van der Waals surface area (Å²) < 4.78 is 32.6. The summed E-state index contributed by atoms with van der Waals surface area (Å²) in [5.74, 6) is -0.645. The van der Waals surface area contributed by atoms with Crippen molar-refractivity contribution in [3.8, 4) is 5.75 Å². The Kier molecular flexibility index (Phi) is 5.52. The number of carbonyl (C=O) groups excluding carboxylic acids is 3. The molecule has 33 heavy (non-hydrogen) atoms. The molecular formula is C23H27N3O6S. The van der Waals surface area contributed by atoms with Crippen LogP contribution in [0.25, 0.3) is 0 Å². The highest BCUT2D eigenvalue weighted by Gasteiger charge is 2.59. The van der Waals surface area contributed by atoms with Crippen LogP contribution in [-0.4, -0.2) is 79.6 Å². The molecule has 0 radical (unpaired) electrons. The monoisotopic (exact) mass is 473 g/mol. The van der Waals surface area contributed by atoms with Crippen LogP contribution in [-0.2, 0) is 24.4 Å². The Hall–Kier alpha value is -2.72. The zero-order valence-corrected chi connectivity index (χ0v) is 19.2. The van der Waals surface area contributed by atoms with Crippen LogP contribution in [0, 0.1) is 23.7 Å². The average molecular weight is 474 g/mol. The van der Waals surface area contributed by atoms with Crippen LogP contribution in [0.4, 0.5) is 0 Å². The van der Waals surface area contributed by atoms with E-state index in [2.05, 4.69) is 0 Å². The molecule has 2 saturated heterocycles. The van der Waals surface area contributed by atoms with Crippen LogP contribution in [0.2, 0.25) is 0 Å². The van der Waals surface area contributed by atoms with Crippen molar-refractivity contribution < 1.29 is 27.5 Å². The van der Waals surface area contributed by atoms with Gasteiger partial charge in [-0.1, -0.05) is 12.2 Å². The number of carbonyl (C=O) groups is 3. The number of benzene rings is 1. The molecule has 2 aliphatic carbocycles. The van der Waals surface area contributed by atoms with Gasteiger partial charge >= 0.3 is 0 Å². The van der Waals surface area contributed by atoms with Gasteiger partial charge in [-0.25, -0.2) is 8.42 Å². The molecule has 10 heteroatoms. The molecule has 0 spiro atoms. The van der Waals surface area contributed by atoms with E-state index in [0.29, 0.717) is 12.4 Å². The maximum absolute atomic E-state index is 13.0. The highest BCUT2D eigenvalue weighted by Crippen LogP contribution is 2.52. The largest absolute Gasteiger partial charge is 0.494 e. The maximum Gasteiger partial charge on any atom is 0.243 e. The molecule has 0 N–H and O–H groups in total. The van der Waals surface area contributed by atoms with E-state index in [1.54, 1.807) is 12.1 Å². The zero-order chi connectivity index (χ0) is 23.3. The minimum Gasteiger partial charge on any atom is -0.494 e. The molecular weight excluding hydrogens is 446 g/mol. The number of ether oxygens (including phenoxy) is 1. The van der Waals surface area contributed by atoms with E-state index in [9.17, 15) is 22.8 Å². The second-order valence-electron chi connectivity index (χ2n) is 8.95. The summed E-state index contributed by atoms with van der Waals surface area (Å²) in [6.07, 6.45) is 4.89. The van der Waals surface area contributed by atoms with Crippen molar-refractivity contribution in [2.45, 2.75) is 18.2 Å². The Bertz CT molecular complexity index is 1080. The number of hydrogen-bond donors (Lipinski definition) is 0. The van der Waals surface area contributed by atoms with Gasteiger partial charge in [0, 0.05) is 26.2 Å². The van der Waals surface area contributed by atoms with E-state index in [1.165, 1.54) is 21.3 Å². The van der Waals surface area contributed by atoms with Crippen molar-refractivity contribution in [2.24, 2.45) is 23.7 Å². The summed E-state index contributed by atoms with van der Waals surface area (Å²) in [6, 6.07) is 6.28. The van der Waals surface area contributed by atoms with Gasteiger partial charge in [0.2, 0.25) is 27.7 Å². The molecule has 3 amide bonds. The molecule has 4 aliphatic rings.